The van der Waals surface area contributed by atoms with Crippen molar-refractivity contribution in [2.45, 2.75) is 73.8 Å². The number of rotatable bonds is 6. The highest BCUT2D eigenvalue weighted by Crippen LogP contribution is 2.39. The molecule has 2 aromatic heterocycles. The molecule has 0 aliphatic heterocycles. The molecule has 2 heterocycles. The summed E-state index contributed by atoms with van der Waals surface area (Å²) in [5, 5.41) is 0.800. The van der Waals surface area contributed by atoms with E-state index in [1.54, 1.807) is 0 Å². The van der Waals surface area contributed by atoms with Crippen LogP contribution in [0.5, 0.6) is 0 Å². The third-order valence-corrected chi connectivity index (χ3v) is 7.34. The molecule has 0 fully saturated rings. The fraction of sp³-hybridized carbons (Fsp3) is 0.483. The smallest absolute Gasteiger partial charge is 0.339 e. The Balaban J connectivity index is 1.64. The number of hydrogen-bond donors (Lipinski definition) is 0. The average Bonchev–Trinajstić information content (AvgIpc) is 3.08. The minimum atomic E-state index is -0.430. The predicted octanol–water partition coefficient (Wildman–Crippen LogP) is 6.25. The van der Waals surface area contributed by atoms with Gasteiger partial charge < -0.3 is 9.30 Å². The van der Waals surface area contributed by atoms with E-state index in [0.29, 0.717) is 17.0 Å². The van der Waals surface area contributed by atoms with E-state index in [0.717, 1.165) is 65.8 Å². The number of hydrogen-bond acceptors (Lipinski definition) is 4. The lowest BCUT2D eigenvalue weighted by Gasteiger charge is -2.35. The molecule has 180 valence electrons. The molecule has 1 unspecified atom stereocenters. The number of Topliss-reactive ketones (excluding diaryl/α,β-unsaturated/α-hetero) is 1. The van der Waals surface area contributed by atoms with Crippen molar-refractivity contribution in [2.24, 2.45) is 11.3 Å². The number of esters is 1. The first-order chi connectivity index (χ1) is 16.1. The predicted molar refractivity (Wildman–Crippen MR) is 136 cm³/mol. The van der Waals surface area contributed by atoms with Crippen molar-refractivity contribution in [2.75, 3.05) is 6.61 Å². The normalized spacial score (nSPS) is 15.9. The van der Waals surface area contributed by atoms with E-state index in [1.807, 2.05) is 44.2 Å². The highest BCUT2D eigenvalue weighted by atomic mass is 16.5. The van der Waals surface area contributed by atoms with Gasteiger partial charge in [-0.15, -0.1) is 0 Å². The van der Waals surface area contributed by atoms with Gasteiger partial charge in [-0.25, -0.2) is 4.79 Å². The largest absolute Gasteiger partial charge is 0.454 e. The average molecular weight is 461 g/mol. The van der Waals surface area contributed by atoms with Gasteiger partial charge in [0.05, 0.1) is 11.1 Å². The Morgan fingerprint density at radius 2 is 1.91 bits per heavy atom. The molecule has 0 N–H and O–H groups in total. The summed E-state index contributed by atoms with van der Waals surface area (Å²) in [4.78, 5) is 31.4. The van der Waals surface area contributed by atoms with E-state index in [2.05, 4.69) is 32.3 Å². The number of aromatic nitrogens is 2. The zero-order valence-electron chi connectivity index (χ0n) is 21.3. The van der Waals surface area contributed by atoms with Crippen LogP contribution in [-0.4, -0.2) is 27.9 Å². The molecule has 1 atom stereocenters. The number of aryl methyl sites for hydroxylation is 2. The Hall–Kier alpha value is -2.95. The molecular formula is C29H36N2O3. The summed E-state index contributed by atoms with van der Waals surface area (Å²) >= 11 is 0. The first-order valence-electron chi connectivity index (χ1n) is 12.4. The summed E-state index contributed by atoms with van der Waals surface area (Å²) < 4.78 is 7.83. The fourth-order valence-electron chi connectivity index (χ4n) is 5.29. The highest BCUT2D eigenvalue weighted by molar-refractivity contribution is 6.06. The molecule has 1 aliphatic carbocycles. The lowest BCUT2D eigenvalue weighted by atomic mass is 9.70. The molecule has 0 amide bonds. The Bertz CT molecular complexity index is 1250. The van der Waals surface area contributed by atoms with Crippen molar-refractivity contribution in [3.05, 3.63) is 64.1 Å². The number of ether oxygens (including phenoxy) is 1. The van der Waals surface area contributed by atoms with Gasteiger partial charge in [0.15, 0.2) is 6.61 Å². The van der Waals surface area contributed by atoms with Gasteiger partial charge in [-0.2, -0.15) is 0 Å². The first-order valence-corrected chi connectivity index (χ1v) is 12.4. The van der Waals surface area contributed by atoms with E-state index < -0.39 is 5.97 Å². The molecule has 1 aliphatic rings. The maximum atomic E-state index is 13.5. The summed E-state index contributed by atoms with van der Waals surface area (Å²) in [5.41, 5.74) is 6.12. The van der Waals surface area contributed by atoms with Crippen LogP contribution >= 0.6 is 0 Å². The van der Waals surface area contributed by atoms with Gasteiger partial charge in [-0.3, -0.25) is 9.78 Å². The van der Waals surface area contributed by atoms with Gasteiger partial charge >= 0.3 is 5.97 Å². The molecule has 0 saturated carbocycles. The molecule has 34 heavy (non-hydrogen) atoms. The maximum Gasteiger partial charge on any atom is 0.339 e. The van der Waals surface area contributed by atoms with Crippen molar-refractivity contribution >= 4 is 22.7 Å². The van der Waals surface area contributed by atoms with Crippen LogP contribution < -0.4 is 0 Å². The molecule has 3 aromatic rings. The molecule has 0 radical (unpaired) electrons. The fourth-order valence-corrected chi connectivity index (χ4v) is 5.29. The van der Waals surface area contributed by atoms with E-state index >= 15 is 0 Å². The third-order valence-electron chi connectivity index (χ3n) is 7.34. The summed E-state index contributed by atoms with van der Waals surface area (Å²) in [6, 6.07) is 9.63. The highest BCUT2D eigenvalue weighted by Gasteiger charge is 2.33. The summed E-state index contributed by atoms with van der Waals surface area (Å²) in [7, 11) is 0. The summed E-state index contributed by atoms with van der Waals surface area (Å²) in [5.74, 6) is -0.135. The minimum absolute atomic E-state index is 0.140. The number of ketones is 1. The molecular weight excluding hydrogens is 424 g/mol. The number of para-hydroxylation sites is 1. The Morgan fingerprint density at radius 1 is 1.18 bits per heavy atom. The third kappa shape index (κ3) is 4.53. The zero-order chi connectivity index (χ0) is 24.6. The summed E-state index contributed by atoms with van der Waals surface area (Å²) in [6.45, 7) is 13.4. The van der Waals surface area contributed by atoms with Crippen LogP contribution in [0, 0.1) is 25.2 Å². The quantitative estimate of drug-likeness (QED) is 0.322. The number of carbonyl (C=O) groups excluding carboxylic acids is 2. The number of fused-ring (bicyclic) bond motifs is 2. The molecule has 0 spiro atoms. The van der Waals surface area contributed by atoms with E-state index in [1.165, 1.54) is 0 Å². The zero-order valence-corrected chi connectivity index (χ0v) is 21.3. The Labute approximate surface area is 202 Å². The maximum absolute atomic E-state index is 13.5. The standard InChI is InChI=1S/C29H36N2O3/c1-7-14-31-18(2)15-22(19(31)3)26(32)17-34-28(33)27-21-10-8-9-11-24(21)30-25-13-12-20(16-23(25)27)29(4,5)6/h8-11,15,20H,7,12-14,16-17H2,1-6H3. The Morgan fingerprint density at radius 3 is 2.62 bits per heavy atom. The van der Waals surface area contributed by atoms with Crippen LogP contribution in [0.4, 0.5) is 0 Å². The van der Waals surface area contributed by atoms with Gasteiger partial charge in [0.2, 0.25) is 5.78 Å². The van der Waals surface area contributed by atoms with E-state index in [4.69, 9.17) is 9.72 Å². The topological polar surface area (TPSA) is 61.2 Å². The lowest BCUT2D eigenvalue weighted by molar-refractivity contribution is 0.0474. The monoisotopic (exact) mass is 460 g/mol. The van der Waals surface area contributed by atoms with Crippen LogP contribution in [0.2, 0.25) is 0 Å². The van der Waals surface area contributed by atoms with Crippen LogP contribution in [0.1, 0.15) is 83.9 Å². The van der Waals surface area contributed by atoms with Crippen LogP contribution in [0.3, 0.4) is 0 Å². The molecule has 0 saturated heterocycles. The van der Waals surface area contributed by atoms with E-state index in [-0.39, 0.29) is 17.8 Å². The van der Waals surface area contributed by atoms with Gasteiger partial charge in [0, 0.05) is 34.6 Å². The van der Waals surface area contributed by atoms with Gasteiger partial charge in [0.25, 0.3) is 0 Å². The SMILES string of the molecule is CCCn1c(C)cc(C(=O)COC(=O)c2c3c(nc4ccccc24)CCC(C(C)(C)C)C3)c1C. The van der Waals surface area contributed by atoms with Gasteiger partial charge in [-0.05, 0) is 68.6 Å². The number of nitrogens with zero attached hydrogens (tertiary/aromatic N) is 2. The molecule has 5 heteroatoms. The molecule has 4 rings (SSSR count). The number of pyridine rings is 1. The molecule has 1 aromatic carbocycles. The Kier molecular flexibility index (Phi) is 6.66. The molecule has 0 bridgehead atoms. The summed E-state index contributed by atoms with van der Waals surface area (Å²) in [6.07, 6.45) is 3.70. The lowest BCUT2D eigenvalue weighted by Crippen LogP contribution is -2.29. The van der Waals surface area contributed by atoms with Crippen molar-refractivity contribution in [3.8, 4) is 0 Å². The van der Waals surface area contributed by atoms with Crippen LogP contribution in [0.25, 0.3) is 10.9 Å². The van der Waals surface area contributed by atoms with Crippen molar-refractivity contribution in [1.82, 2.24) is 9.55 Å². The second-order valence-electron chi connectivity index (χ2n) is 10.7. The van der Waals surface area contributed by atoms with E-state index in [9.17, 15) is 9.59 Å². The van der Waals surface area contributed by atoms with Crippen molar-refractivity contribution < 1.29 is 14.3 Å². The number of benzene rings is 1. The van der Waals surface area contributed by atoms with Crippen molar-refractivity contribution in [3.63, 3.8) is 0 Å². The van der Waals surface area contributed by atoms with Crippen molar-refractivity contribution in [1.29, 1.82) is 0 Å². The molecule has 5 nitrogen and oxygen atoms in total. The second-order valence-corrected chi connectivity index (χ2v) is 10.7. The van der Waals surface area contributed by atoms with Gasteiger partial charge in [-0.1, -0.05) is 45.9 Å². The van der Waals surface area contributed by atoms with Crippen LogP contribution in [0.15, 0.2) is 30.3 Å². The first kappa shape index (κ1) is 24.2. The minimum Gasteiger partial charge on any atom is -0.454 e. The number of carbonyl (C=O) groups is 2. The van der Waals surface area contributed by atoms with Crippen LogP contribution in [-0.2, 0) is 24.1 Å². The second kappa shape index (κ2) is 9.36. The van der Waals surface area contributed by atoms with Gasteiger partial charge in [0.1, 0.15) is 0 Å².